The summed E-state index contributed by atoms with van der Waals surface area (Å²) in [6, 6.07) is 0. The van der Waals surface area contributed by atoms with Crippen LogP contribution >= 0.6 is 0 Å². The highest BCUT2D eigenvalue weighted by Gasteiger charge is 2.57. The van der Waals surface area contributed by atoms with Crippen LogP contribution in [0.25, 0.3) is 0 Å². The predicted octanol–water partition coefficient (Wildman–Crippen LogP) is 3.43. The van der Waals surface area contributed by atoms with E-state index in [0.717, 1.165) is 37.9 Å². The molecule has 4 aliphatic carbocycles. The first kappa shape index (κ1) is 17.0. The number of rotatable bonds is 3. The molecular formula is C20H29N3O2. The van der Waals surface area contributed by atoms with Gasteiger partial charge in [-0.1, -0.05) is 20.8 Å². The first-order chi connectivity index (χ1) is 11.6. The van der Waals surface area contributed by atoms with Crippen LogP contribution in [0.3, 0.4) is 0 Å². The van der Waals surface area contributed by atoms with E-state index < -0.39 is 5.60 Å². The molecule has 136 valence electrons. The minimum absolute atomic E-state index is 0.00484. The number of anilines is 1. The largest absolute Gasteiger partial charge is 0.390 e. The Morgan fingerprint density at radius 3 is 2.32 bits per heavy atom. The second kappa shape index (κ2) is 5.50. The topological polar surface area (TPSA) is 75.1 Å². The van der Waals surface area contributed by atoms with Crippen LogP contribution in [-0.4, -0.2) is 26.6 Å². The Morgan fingerprint density at radius 2 is 1.80 bits per heavy atom. The zero-order chi connectivity index (χ0) is 17.9. The van der Waals surface area contributed by atoms with Crippen LogP contribution in [0, 0.1) is 17.3 Å². The summed E-state index contributed by atoms with van der Waals surface area (Å²) in [6.45, 7) is 6.20. The monoisotopic (exact) mass is 343 g/mol. The first-order valence-corrected chi connectivity index (χ1v) is 9.50. The van der Waals surface area contributed by atoms with E-state index in [4.69, 9.17) is 0 Å². The van der Waals surface area contributed by atoms with Gasteiger partial charge in [-0.2, -0.15) is 0 Å². The number of nitrogens with zero attached hydrogens (tertiary/aromatic N) is 2. The molecule has 2 N–H and O–H groups in total. The fourth-order valence-corrected chi connectivity index (χ4v) is 5.93. The number of nitrogens with one attached hydrogen (secondary N) is 1. The van der Waals surface area contributed by atoms with E-state index in [9.17, 15) is 9.90 Å². The average Bonchev–Trinajstić information content (AvgIpc) is 2.43. The number of aliphatic hydroxyl groups is 1. The third kappa shape index (κ3) is 3.31. The maximum absolute atomic E-state index is 12.6. The fraction of sp³-hybridized carbons (Fsp3) is 0.750. The molecule has 5 nitrogen and oxygen atoms in total. The molecule has 4 bridgehead atoms. The van der Waals surface area contributed by atoms with Crippen LogP contribution in [0.4, 0.5) is 5.69 Å². The summed E-state index contributed by atoms with van der Waals surface area (Å²) < 4.78 is 0. The Kier molecular flexibility index (Phi) is 3.73. The third-order valence-corrected chi connectivity index (χ3v) is 6.29. The van der Waals surface area contributed by atoms with Gasteiger partial charge in [-0.25, -0.2) is 9.97 Å². The first-order valence-electron chi connectivity index (χ1n) is 9.50. The molecule has 0 aliphatic heterocycles. The summed E-state index contributed by atoms with van der Waals surface area (Å²) in [6.07, 6.45) is 10.00. The molecule has 1 aromatic heterocycles. The summed E-state index contributed by atoms with van der Waals surface area (Å²) in [5, 5.41) is 13.8. The lowest BCUT2D eigenvalue weighted by Crippen LogP contribution is -2.56. The lowest BCUT2D eigenvalue weighted by atomic mass is 9.47. The van der Waals surface area contributed by atoms with Crippen molar-refractivity contribution >= 4 is 11.6 Å². The second-order valence-electron chi connectivity index (χ2n) is 9.96. The SMILES string of the molecule is CC(C)(C)c1ncc(NC(=O)CC23C[C@H]4C[C@@H](CC(O)(C4)C2)C3)cn1. The third-order valence-electron chi connectivity index (χ3n) is 6.29. The number of hydrogen-bond acceptors (Lipinski definition) is 4. The van der Waals surface area contributed by atoms with Crippen molar-refractivity contribution in [2.24, 2.45) is 17.3 Å². The molecular weight excluding hydrogens is 314 g/mol. The Bertz CT molecular complexity index is 663. The number of aromatic nitrogens is 2. The molecule has 4 fully saturated rings. The maximum atomic E-state index is 12.6. The molecule has 0 aromatic carbocycles. The van der Waals surface area contributed by atoms with Crippen molar-refractivity contribution in [3.05, 3.63) is 18.2 Å². The fourth-order valence-electron chi connectivity index (χ4n) is 5.93. The van der Waals surface area contributed by atoms with Crippen molar-refractivity contribution in [2.75, 3.05) is 5.32 Å². The average molecular weight is 343 g/mol. The van der Waals surface area contributed by atoms with Gasteiger partial charge in [0.05, 0.1) is 23.7 Å². The summed E-state index contributed by atoms with van der Waals surface area (Å²) in [4.78, 5) is 21.4. The van der Waals surface area contributed by atoms with E-state index in [2.05, 4.69) is 36.1 Å². The maximum Gasteiger partial charge on any atom is 0.225 e. The molecule has 25 heavy (non-hydrogen) atoms. The summed E-state index contributed by atoms with van der Waals surface area (Å²) in [5.41, 5.74) is 0.0372. The Balaban J connectivity index is 1.43. The van der Waals surface area contributed by atoms with E-state index in [0.29, 0.717) is 23.9 Å². The standard InChI is InChI=1S/C20H29N3O2/c1-18(2,3)17-21-10-15(11-22-17)23-16(24)9-19-5-13-4-14(6-19)8-20(25,7-13)12-19/h10-11,13-14,25H,4-9,12H2,1-3H3,(H,23,24)/t13-,14-,19?,20?/m1/s1. The molecule has 5 rings (SSSR count). The van der Waals surface area contributed by atoms with E-state index in [1.165, 1.54) is 6.42 Å². The van der Waals surface area contributed by atoms with Gasteiger partial charge in [0.1, 0.15) is 5.82 Å². The molecule has 4 saturated carbocycles. The van der Waals surface area contributed by atoms with Gasteiger partial charge < -0.3 is 10.4 Å². The predicted molar refractivity (Wildman–Crippen MR) is 96.0 cm³/mol. The number of carbonyl (C=O) groups excluding carboxylic acids is 1. The van der Waals surface area contributed by atoms with Crippen molar-refractivity contribution in [1.82, 2.24) is 9.97 Å². The van der Waals surface area contributed by atoms with Crippen LogP contribution in [-0.2, 0) is 10.2 Å². The molecule has 0 unspecified atom stereocenters. The van der Waals surface area contributed by atoms with Crippen molar-refractivity contribution < 1.29 is 9.90 Å². The summed E-state index contributed by atoms with van der Waals surface area (Å²) >= 11 is 0. The minimum Gasteiger partial charge on any atom is -0.390 e. The highest BCUT2D eigenvalue weighted by atomic mass is 16.3. The Morgan fingerprint density at radius 1 is 1.20 bits per heavy atom. The van der Waals surface area contributed by atoms with Gasteiger partial charge >= 0.3 is 0 Å². The lowest BCUT2D eigenvalue weighted by Gasteiger charge is -2.60. The van der Waals surface area contributed by atoms with Gasteiger partial charge in [-0.15, -0.1) is 0 Å². The summed E-state index contributed by atoms with van der Waals surface area (Å²) in [5.74, 6) is 2.01. The highest BCUT2D eigenvalue weighted by Crippen LogP contribution is 2.62. The lowest BCUT2D eigenvalue weighted by molar-refractivity contribution is -0.167. The Labute approximate surface area is 149 Å². The molecule has 1 aromatic rings. The van der Waals surface area contributed by atoms with Crippen molar-refractivity contribution in [3.8, 4) is 0 Å². The van der Waals surface area contributed by atoms with Crippen LogP contribution in [0.5, 0.6) is 0 Å². The van der Waals surface area contributed by atoms with Gasteiger partial charge in [0, 0.05) is 11.8 Å². The van der Waals surface area contributed by atoms with Crippen molar-refractivity contribution in [2.45, 2.75) is 76.7 Å². The molecule has 0 saturated heterocycles. The molecule has 2 atom stereocenters. The highest BCUT2D eigenvalue weighted by molar-refractivity contribution is 5.90. The molecule has 0 radical (unpaired) electrons. The molecule has 0 spiro atoms. The molecule has 1 heterocycles. The molecule has 1 amide bonds. The quantitative estimate of drug-likeness (QED) is 0.881. The minimum atomic E-state index is -0.512. The zero-order valence-corrected chi connectivity index (χ0v) is 15.5. The normalized spacial score (nSPS) is 36.5. The number of amides is 1. The van der Waals surface area contributed by atoms with Crippen LogP contribution in [0.1, 0.15) is 71.5 Å². The van der Waals surface area contributed by atoms with Gasteiger partial charge in [0.25, 0.3) is 0 Å². The number of hydrogen-bond donors (Lipinski definition) is 2. The van der Waals surface area contributed by atoms with Crippen molar-refractivity contribution in [3.63, 3.8) is 0 Å². The smallest absolute Gasteiger partial charge is 0.225 e. The van der Waals surface area contributed by atoms with E-state index >= 15 is 0 Å². The van der Waals surface area contributed by atoms with Crippen LogP contribution < -0.4 is 5.32 Å². The van der Waals surface area contributed by atoms with Gasteiger partial charge in [-0.3, -0.25) is 4.79 Å². The van der Waals surface area contributed by atoms with E-state index in [1.807, 2.05) is 0 Å². The summed E-state index contributed by atoms with van der Waals surface area (Å²) in [7, 11) is 0. The van der Waals surface area contributed by atoms with E-state index in [-0.39, 0.29) is 16.7 Å². The molecule has 4 aliphatic rings. The van der Waals surface area contributed by atoms with Gasteiger partial charge in [0.2, 0.25) is 5.91 Å². The van der Waals surface area contributed by atoms with E-state index in [1.54, 1.807) is 12.4 Å². The van der Waals surface area contributed by atoms with Crippen molar-refractivity contribution in [1.29, 1.82) is 0 Å². The van der Waals surface area contributed by atoms with Gasteiger partial charge in [-0.05, 0) is 55.8 Å². The van der Waals surface area contributed by atoms with Gasteiger partial charge in [0.15, 0.2) is 0 Å². The second-order valence-corrected chi connectivity index (χ2v) is 9.96. The van der Waals surface area contributed by atoms with Crippen LogP contribution in [0.2, 0.25) is 0 Å². The zero-order valence-electron chi connectivity index (χ0n) is 15.5. The number of carbonyl (C=O) groups is 1. The molecule has 5 heteroatoms. The van der Waals surface area contributed by atoms with Crippen LogP contribution in [0.15, 0.2) is 12.4 Å². The Hall–Kier alpha value is -1.49.